The summed E-state index contributed by atoms with van der Waals surface area (Å²) in [5, 5.41) is 10.2. The zero-order valence-corrected chi connectivity index (χ0v) is 15.1. The molecule has 1 atom stereocenters. The topological polar surface area (TPSA) is 38.7 Å². The number of hydrogen-bond donors (Lipinski definition) is 1. The third kappa shape index (κ3) is 3.89. The van der Waals surface area contributed by atoms with Crippen molar-refractivity contribution < 1.29 is 14.6 Å². The van der Waals surface area contributed by atoms with Gasteiger partial charge in [0.2, 0.25) is 0 Å². The molecule has 3 aromatic rings. The van der Waals surface area contributed by atoms with Gasteiger partial charge in [-0.3, -0.25) is 0 Å². The molecule has 1 N–H and O–H groups in total. The summed E-state index contributed by atoms with van der Waals surface area (Å²) < 4.78 is 10.6. The Morgan fingerprint density at radius 2 is 1.12 bits per heavy atom. The van der Waals surface area contributed by atoms with Gasteiger partial charge in [-0.05, 0) is 41.0 Å². The van der Waals surface area contributed by atoms with Gasteiger partial charge >= 0.3 is 0 Å². The van der Waals surface area contributed by atoms with E-state index in [1.165, 1.54) is 0 Å². The third-order valence-corrected chi connectivity index (χ3v) is 4.78. The van der Waals surface area contributed by atoms with Gasteiger partial charge in [-0.15, -0.1) is 0 Å². The highest BCUT2D eigenvalue weighted by Gasteiger charge is 2.26. The summed E-state index contributed by atoms with van der Waals surface area (Å²) in [7, 11) is 3.33. The van der Waals surface area contributed by atoms with E-state index in [0.717, 1.165) is 28.2 Å². The molecule has 26 heavy (non-hydrogen) atoms. The van der Waals surface area contributed by atoms with Gasteiger partial charge in [-0.25, -0.2) is 0 Å². The van der Waals surface area contributed by atoms with Crippen LogP contribution in [0.15, 0.2) is 78.9 Å². The zero-order chi connectivity index (χ0) is 18.4. The van der Waals surface area contributed by atoms with Crippen LogP contribution in [0.2, 0.25) is 0 Å². The predicted molar refractivity (Wildman–Crippen MR) is 104 cm³/mol. The summed E-state index contributed by atoms with van der Waals surface area (Å²) in [4.78, 5) is 0. The van der Waals surface area contributed by atoms with E-state index < -0.39 is 0 Å². The van der Waals surface area contributed by atoms with Crippen LogP contribution >= 0.6 is 0 Å². The molecular weight excluding hydrogens is 324 g/mol. The minimum absolute atomic E-state index is 0.0270. The summed E-state index contributed by atoms with van der Waals surface area (Å²) in [6.45, 7) is 0.0622. The van der Waals surface area contributed by atoms with Gasteiger partial charge in [-0.1, -0.05) is 54.6 Å². The minimum Gasteiger partial charge on any atom is -0.497 e. The molecule has 0 amide bonds. The molecule has 0 aliphatic carbocycles. The van der Waals surface area contributed by atoms with E-state index in [1.807, 2.05) is 42.5 Å². The molecule has 3 rings (SSSR count). The number of aliphatic hydroxyl groups is 1. The first kappa shape index (κ1) is 18.0. The Morgan fingerprint density at radius 3 is 1.50 bits per heavy atom. The highest BCUT2D eigenvalue weighted by atomic mass is 16.5. The smallest absolute Gasteiger partial charge is 0.118 e. The summed E-state index contributed by atoms with van der Waals surface area (Å²) in [6.07, 6.45) is 0. The molecule has 0 aliphatic rings. The Balaban J connectivity index is 2.07. The Morgan fingerprint density at radius 1 is 0.654 bits per heavy atom. The molecule has 0 bridgehead atoms. The van der Waals surface area contributed by atoms with Crippen LogP contribution in [-0.2, 0) is 0 Å². The number of rotatable bonds is 7. The molecule has 0 heterocycles. The second-order valence-corrected chi connectivity index (χ2v) is 6.22. The van der Waals surface area contributed by atoms with Gasteiger partial charge < -0.3 is 14.6 Å². The van der Waals surface area contributed by atoms with Crippen molar-refractivity contribution in [3.63, 3.8) is 0 Å². The van der Waals surface area contributed by atoms with Crippen LogP contribution in [0.25, 0.3) is 0 Å². The molecule has 134 valence electrons. The summed E-state index contributed by atoms with van der Waals surface area (Å²) in [5.74, 6) is 1.63. The van der Waals surface area contributed by atoms with Crippen LogP contribution in [-0.4, -0.2) is 25.9 Å². The van der Waals surface area contributed by atoms with Gasteiger partial charge in [0, 0.05) is 11.8 Å². The van der Waals surface area contributed by atoms with Crippen molar-refractivity contribution >= 4 is 0 Å². The first-order valence-electron chi connectivity index (χ1n) is 8.70. The SMILES string of the molecule is COc1ccc(C(c2ccc(OC)cc2)C(CO)c2ccccc2)cc1. The summed E-state index contributed by atoms with van der Waals surface area (Å²) in [5.41, 5.74) is 3.39. The average Bonchev–Trinajstić information content (AvgIpc) is 2.73. The second-order valence-electron chi connectivity index (χ2n) is 6.22. The van der Waals surface area contributed by atoms with Crippen LogP contribution in [0.1, 0.15) is 28.5 Å². The fourth-order valence-electron chi connectivity index (χ4n) is 3.38. The fourth-order valence-corrected chi connectivity index (χ4v) is 3.38. The summed E-state index contributed by atoms with van der Waals surface area (Å²) >= 11 is 0. The Kier molecular flexibility index (Phi) is 5.92. The van der Waals surface area contributed by atoms with Crippen LogP contribution in [0.5, 0.6) is 11.5 Å². The van der Waals surface area contributed by atoms with E-state index in [9.17, 15) is 5.11 Å². The molecule has 3 nitrogen and oxygen atoms in total. The van der Waals surface area contributed by atoms with E-state index in [0.29, 0.717) is 0 Å². The molecule has 0 aliphatic heterocycles. The van der Waals surface area contributed by atoms with Gasteiger partial charge in [-0.2, -0.15) is 0 Å². The average molecular weight is 348 g/mol. The fraction of sp³-hybridized carbons (Fsp3) is 0.217. The minimum atomic E-state index is -0.0435. The highest BCUT2D eigenvalue weighted by Crippen LogP contribution is 2.39. The van der Waals surface area contributed by atoms with Crippen LogP contribution < -0.4 is 9.47 Å². The molecule has 0 spiro atoms. The number of ether oxygens (including phenoxy) is 2. The molecule has 3 aromatic carbocycles. The Labute approximate surface area is 154 Å². The normalized spacial score (nSPS) is 12.0. The molecule has 0 fully saturated rings. The van der Waals surface area contributed by atoms with Crippen LogP contribution in [0, 0.1) is 0 Å². The van der Waals surface area contributed by atoms with Crippen LogP contribution in [0.4, 0.5) is 0 Å². The number of methoxy groups -OCH3 is 2. The van der Waals surface area contributed by atoms with E-state index in [1.54, 1.807) is 14.2 Å². The van der Waals surface area contributed by atoms with E-state index in [2.05, 4.69) is 36.4 Å². The maximum absolute atomic E-state index is 10.2. The van der Waals surface area contributed by atoms with Crippen LogP contribution in [0.3, 0.4) is 0 Å². The second kappa shape index (κ2) is 8.54. The quantitative estimate of drug-likeness (QED) is 0.677. The summed E-state index contributed by atoms with van der Waals surface area (Å²) in [6, 6.07) is 26.3. The third-order valence-electron chi connectivity index (χ3n) is 4.78. The van der Waals surface area contributed by atoms with Crippen molar-refractivity contribution in [2.75, 3.05) is 20.8 Å². The number of hydrogen-bond acceptors (Lipinski definition) is 3. The maximum Gasteiger partial charge on any atom is 0.118 e. The lowest BCUT2D eigenvalue weighted by Crippen LogP contribution is -2.16. The molecule has 0 saturated carbocycles. The Bertz CT molecular complexity index is 748. The molecule has 0 saturated heterocycles. The van der Waals surface area contributed by atoms with Gasteiger partial charge in [0.25, 0.3) is 0 Å². The number of aliphatic hydroxyl groups excluding tert-OH is 1. The lowest BCUT2D eigenvalue weighted by molar-refractivity contribution is 0.255. The van der Waals surface area contributed by atoms with E-state index in [4.69, 9.17) is 9.47 Å². The predicted octanol–water partition coefficient (Wildman–Crippen LogP) is 4.61. The molecular formula is C23H24O3. The Hall–Kier alpha value is -2.78. The lowest BCUT2D eigenvalue weighted by atomic mass is 9.77. The van der Waals surface area contributed by atoms with Crippen molar-refractivity contribution in [3.8, 4) is 11.5 Å². The van der Waals surface area contributed by atoms with Crippen molar-refractivity contribution in [1.82, 2.24) is 0 Å². The van der Waals surface area contributed by atoms with Crippen molar-refractivity contribution in [2.45, 2.75) is 11.8 Å². The molecule has 3 heteroatoms. The largest absolute Gasteiger partial charge is 0.497 e. The zero-order valence-electron chi connectivity index (χ0n) is 15.1. The molecule has 1 unspecified atom stereocenters. The van der Waals surface area contributed by atoms with Crippen molar-refractivity contribution in [2.24, 2.45) is 0 Å². The van der Waals surface area contributed by atoms with Gasteiger partial charge in [0.15, 0.2) is 0 Å². The first-order valence-corrected chi connectivity index (χ1v) is 8.70. The molecule has 0 aromatic heterocycles. The first-order chi connectivity index (χ1) is 12.8. The van der Waals surface area contributed by atoms with E-state index in [-0.39, 0.29) is 18.4 Å². The van der Waals surface area contributed by atoms with E-state index >= 15 is 0 Å². The van der Waals surface area contributed by atoms with Crippen molar-refractivity contribution in [3.05, 3.63) is 95.6 Å². The standard InChI is InChI=1S/C23H24O3/c1-25-20-12-8-18(9-13-20)23(19-10-14-21(26-2)15-11-19)22(16-24)17-6-4-3-5-7-17/h3-15,22-24H,16H2,1-2H3. The van der Waals surface area contributed by atoms with Gasteiger partial charge in [0.05, 0.1) is 20.8 Å². The van der Waals surface area contributed by atoms with Gasteiger partial charge in [0.1, 0.15) is 11.5 Å². The molecule has 0 radical (unpaired) electrons. The van der Waals surface area contributed by atoms with Crippen molar-refractivity contribution in [1.29, 1.82) is 0 Å². The monoisotopic (exact) mass is 348 g/mol. The highest BCUT2D eigenvalue weighted by molar-refractivity contribution is 5.42. The number of benzene rings is 3. The lowest BCUT2D eigenvalue weighted by Gasteiger charge is -2.27. The maximum atomic E-state index is 10.2.